The van der Waals surface area contributed by atoms with Gasteiger partial charge in [0, 0.05) is 6.04 Å². The van der Waals surface area contributed by atoms with E-state index in [1.54, 1.807) is 0 Å². The van der Waals surface area contributed by atoms with Crippen molar-refractivity contribution >= 4 is 10.0 Å². The zero-order valence-corrected chi connectivity index (χ0v) is 12.0. The number of hydrogen-bond donors (Lipinski definition) is 2. The Morgan fingerprint density at radius 3 is 2.24 bits per heavy atom. The average Bonchev–Trinajstić information content (AvgIpc) is 2.14. The van der Waals surface area contributed by atoms with Crippen molar-refractivity contribution < 1.29 is 18.3 Å². The summed E-state index contributed by atoms with van der Waals surface area (Å²) in [4.78, 5) is 0. The van der Waals surface area contributed by atoms with Crippen molar-refractivity contribution in [2.45, 2.75) is 46.3 Å². The van der Waals surface area contributed by atoms with Crippen LogP contribution in [0.3, 0.4) is 0 Å². The maximum atomic E-state index is 11.7. The summed E-state index contributed by atoms with van der Waals surface area (Å²) in [5.74, 6) is 0.265. The van der Waals surface area contributed by atoms with E-state index in [1.807, 2.05) is 27.7 Å². The molecule has 0 aromatic carbocycles. The lowest BCUT2D eigenvalue weighted by atomic mass is 10.1. The van der Waals surface area contributed by atoms with E-state index in [0.717, 1.165) is 0 Å². The summed E-state index contributed by atoms with van der Waals surface area (Å²) >= 11 is 0. The highest BCUT2D eigenvalue weighted by atomic mass is 32.2. The fourth-order valence-corrected chi connectivity index (χ4v) is 2.55. The molecule has 5 nitrogen and oxygen atoms in total. The van der Waals surface area contributed by atoms with Crippen molar-refractivity contribution in [1.82, 2.24) is 4.72 Å². The number of sulfonamides is 1. The predicted molar refractivity (Wildman–Crippen MR) is 68.3 cm³/mol. The van der Waals surface area contributed by atoms with Gasteiger partial charge in [-0.2, -0.15) is 0 Å². The van der Waals surface area contributed by atoms with Crippen LogP contribution in [0.25, 0.3) is 0 Å². The van der Waals surface area contributed by atoms with Gasteiger partial charge in [-0.05, 0) is 26.2 Å². The second-order valence-corrected chi connectivity index (χ2v) is 6.74. The van der Waals surface area contributed by atoms with Crippen LogP contribution < -0.4 is 4.72 Å². The van der Waals surface area contributed by atoms with Crippen molar-refractivity contribution in [3.63, 3.8) is 0 Å². The van der Waals surface area contributed by atoms with E-state index in [2.05, 4.69) is 4.72 Å². The molecule has 104 valence electrons. The Balaban J connectivity index is 4.13. The Morgan fingerprint density at radius 1 is 1.24 bits per heavy atom. The summed E-state index contributed by atoms with van der Waals surface area (Å²) in [6.45, 7) is 7.68. The Bertz CT molecular complexity index is 288. The molecule has 1 unspecified atom stereocenters. The molecule has 0 fully saturated rings. The summed E-state index contributed by atoms with van der Waals surface area (Å²) in [5.41, 5.74) is 0. The number of rotatable bonds is 9. The van der Waals surface area contributed by atoms with Gasteiger partial charge < -0.3 is 9.84 Å². The van der Waals surface area contributed by atoms with Gasteiger partial charge in [0.05, 0.1) is 25.1 Å². The van der Waals surface area contributed by atoms with Crippen LogP contribution in [0.1, 0.15) is 34.1 Å². The van der Waals surface area contributed by atoms with Crippen LogP contribution in [-0.4, -0.2) is 44.6 Å². The minimum absolute atomic E-state index is 0.0227. The van der Waals surface area contributed by atoms with E-state index in [0.29, 0.717) is 12.3 Å². The number of nitrogens with one attached hydrogen (secondary N) is 1. The number of hydrogen-bond acceptors (Lipinski definition) is 4. The molecule has 0 aromatic rings. The number of ether oxygens (including phenoxy) is 1. The van der Waals surface area contributed by atoms with Crippen LogP contribution in [0.15, 0.2) is 0 Å². The van der Waals surface area contributed by atoms with E-state index in [-0.39, 0.29) is 25.1 Å². The second kappa shape index (κ2) is 8.02. The third-order valence-electron chi connectivity index (χ3n) is 2.13. The first-order chi connectivity index (χ1) is 7.76. The molecule has 0 amide bonds. The molecule has 0 radical (unpaired) electrons. The Hall–Kier alpha value is -0.170. The summed E-state index contributed by atoms with van der Waals surface area (Å²) in [6, 6.07) is -0.404. The quantitative estimate of drug-likeness (QED) is 0.646. The van der Waals surface area contributed by atoms with E-state index in [9.17, 15) is 8.42 Å². The van der Waals surface area contributed by atoms with Crippen LogP contribution in [0, 0.1) is 5.92 Å². The Labute approximate surface area is 105 Å². The number of aliphatic hydroxyl groups excluding tert-OH is 1. The third kappa shape index (κ3) is 9.52. The smallest absolute Gasteiger partial charge is 0.214 e. The molecule has 0 aliphatic heterocycles. The lowest BCUT2D eigenvalue weighted by Gasteiger charge is -2.18. The molecule has 0 bridgehead atoms. The SMILES string of the molecule is CC(C)CC(CO)NS(=O)(=O)CCOC(C)C. The molecule has 2 N–H and O–H groups in total. The summed E-state index contributed by atoms with van der Waals surface area (Å²) in [6.07, 6.45) is 0.648. The summed E-state index contributed by atoms with van der Waals surface area (Å²) in [5, 5.41) is 9.09. The summed E-state index contributed by atoms with van der Waals surface area (Å²) in [7, 11) is -3.37. The van der Waals surface area contributed by atoms with Gasteiger partial charge in [0.15, 0.2) is 0 Å². The maximum absolute atomic E-state index is 11.7. The van der Waals surface area contributed by atoms with Gasteiger partial charge in [0.1, 0.15) is 0 Å². The zero-order chi connectivity index (χ0) is 13.5. The highest BCUT2D eigenvalue weighted by Gasteiger charge is 2.18. The Kier molecular flexibility index (Phi) is 7.94. The first-order valence-electron chi connectivity index (χ1n) is 5.99. The molecule has 0 aromatic heterocycles. The first kappa shape index (κ1) is 16.8. The van der Waals surface area contributed by atoms with Gasteiger partial charge in [-0.15, -0.1) is 0 Å². The lowest BCUT2D eigenvalue weighted by Crippen LogP contribution is -2.40. The first-order valence-corrected chi connectivity index (χ1v) is 7.64. The largest absolute Gasteiger partial charge is 0.395 e. The molecular formula is C11H25NO4S. The molecule has 0 saturated carbocycles. The predicted octanol–water partition coefficient (Wildman–Crippen LogP) is 0.738. The molecule has 0 spiro atoms. The molecule has 0 saturated heterocycles. The van der Waals surface area contributed by atoms with Gasteiger partial charge in [0.2, 0.25) is 10.0 Å². The average molecular weight is 267 g/mol. The standard InChI is InChI=1S/C11H25NO4S/c1-9(2)7-11(8-13)12-17(14,15)6-5-16-10(3)4/h9-13H,5-8H2,1-4H3. The van der Waals surface area contributed by atoms with Gasteiger partial charge in [-0.3, -0.25) is 0 Å². The normalized spacial score (nSPS) is 14.5. The van der Waals surface area contributed by atoms with Crippen molar-refractivity contribution in [2.75, 3.05) is 19.0 Å². The molecule has 1 atom stereocenters. The topological polar surface area (TPSA) is 75.6 Å². The molecule has 0 rings (SSSR count). The van der Waals surface area contributed by atoms with Gasteiger partial charge >= 0.3 is 0 Å². The van der Waals surface area contributed by atoms with Crippen LogP contribution >= 0.6 is 0 Å². The molecule has 17 heavy (non-hydrogen) atoms. The van der Waals surface area contributed by atoms with Gasteiger partial charge in [-0.25, -0.2) is 13.1 Å². The fraction of sp³-hybridized carbons (Fsp3) is 1.00. The maximum Gasteiger partial charge on any atom is 0.214 e. The van der Waals surface area contributed by atoms with E-state index in [1.165, 1.54) is 0 Å². The van der Waals surface area contributed by atoms with Crippen LogP contribution in [0.5, 0.6) is 0 Å². The molecule has 0 aliphatic rings. The van der Waals surface area contributed by atoms with Crippen molar-refractivity contribution in [2.24, 2.45) is 5.92 Å². The van der Waals surface area contributed by atoms with Crippen LogP contribution in [0.4, 0.5) is 0 Å². The van der Waals surface area contributed by atoms with E-state index >= 15 is 0 Å². The van der Waals surface area contributed by atoms with Crippen molar-refractivity contribution in [3.8, 4) is 0 Å². The van der Waals surface area contributed by atoms with Gasteiger partial charge in [-0.1, -0.05) is 13.8 Å². The van der Waals surface area contributed by atoms with Crippen LogP contribution in [-0.2, 0) is 14.8 Å². The summed E-state index contributed by atoms with van der Waals surface area (Å²) < 4.78 is 31.0. The molecule has 0 heterocycles. The van der Waals surface area contributed by atoms with E-state index in [4.69, 9.17) is 9.84 Å². The molecule has 6 heteroatoms. The monoisotopic (exact) mass is 267 g/mol. The van der Waals surface area contributed by atoms with Crippen molar-refractivity contribution in [1.29, 1.82) is 0 Å². The molecular weight excluding hydrogens is 242 g/mol. The number of aliphatic hydroxyl groups is 1. The highest BCUT2D eigenvalue weighted by molar-refractivity contribution is 7.89. The second-order valence-electron chi connectivity index (χ2n) is 4.87. The fourth-order valence-electron chi connectivity index (χ4n) is 1.44. The minimum atomic E-state index is -3.37. The van der Waals surface area contributed by atoms with E-state index < -0.39 is 16.1 Å². The molecule has 0 aliphatic carbocycles. The van der Waals surface area contributed by atoms with Crippen molar-refractivity contribution in [3.05, 3.63) is 0 Å². The zero-order valence-electron chi connectivity index (χ0n) is 11.1. The van der Waals surface area contributed by atoms with Gasteiger partial charge in [0.25, 0.3) is 0 Å². The lowest BCUT2D eigenvalue weighted by molar-refractivity contribution is 0.0910. The van der Waals surface area contributed by atoms with Crippen LogP contribution in [0.2, 0.25) is 0 Å². The highest BCUT2D eigenvalue weighted by Crippen LogP contribution is 2.05. The Morgan fingerprint density at radius 2 is 1.82 bits per heavy atom. The minimum Gasteiger partial charge on any atom is -0.395 e. The third-order valence-corrected chi connectivity index (χ3v) is 3.52.